The highest BCUT2D eigenvalue weighted by Crippen LogP contribution is 2.09. The normalized spacial score (nSPS) is 12.4. The molecule has 1 aromatic carbocycles. The predicted octanol–water partition coefficient (Wildman–Crippen LogP) is 3.10. The standard InChI is InChI=1S/C20H27FN2O5/c1-20(2,3)28-19(27)22-13-7-6-10-16(18(25)26)23-17(24)12-11-14-8-4-5-9-15(14)21/h4-5,8-9,11-12,16H,6-7,10,13H2,1-3H3,(H,22,27)(H,23,24)(H,25,26)/t16-/m0/s1. The van der Waals surface area contributed by atoms with Crippen molar-refractivity contribution in [2.24, 2.45) is 0 Å². The molecule has 0 fully saturated rings. The highest BCUT2D eigenvalue weighted by atomic mass is 19.1. The molecule has 3 N–H and O–H groups in total. The van der Waals surface area contributed by atoms with Gasteiger partial charge >= 0.3 is 12.1 Å². The highest BCUT2D eigenvalue weighted by Gasteiger charge is 2.19. The third-order valence-corrected chi connectivity index (χ3v) is 3.52. The molecule has 0 saturated heterocycles. The van der Waals surface area contributed by atoms with Gasteiger partial charge in [-0.05, 0) is 52.2 Å². The molecule has 0 unspecified atom stereocenters. The van der Waals surface area contributed by atoms with E-state index in [4.69, 9.17) is 4.74 Å². The number of halogens is 1. The molecule has 28 heavy (non-hydrogen) atoms. The lowest BCUT2D eigenvalue weighted by Crippen LogP contribution is -2.40. The third-order valence-electron chi connectivity index (χ3n) is 3.52. The molecule has 7 nitrogen and oxygen atoms in total. The molecule has 0 aliphatic heterocycles. The van der Waals surface area contributed by atoms with Crippen molar-refractivity contribution in [3.63, 3.8) is 0 Å². The second-order valence-corrected chi connectivity index (χ2v) is 7.18. The summed E-state index contributed by atoms with van der Waals surface area (Å²) in [6.45, 7) is 5.61. The van der Waals surface area contributed by atoms with Gasteiger partial charge in [-0.15, -0.1) is 0 Å². The van der Waals surface area contributed by atoms with E-state index < -0.39 is 35.4 Å². The first kappa shape index (κ1) is 23.1. The fourth-order valence-electron chi connectivity index (χ4n) is 2.23. The zero-order valence-electron chi connectivity index (χ0n) is 16.3. The Morgan fingerprint density at radius 2 is 1.89 bits per heavy atom. The van der Waals surface area contributed by atoms with Crippen LogP contribution in [0.4, 0.5) is 9.18 Å². The van der Waals surface area contributed by atoms with Gasteiger partial charge in [0.1, 0.15) is 17.5 Å². The van der Waals surface area contributed by atoms with Crippen molar-refractivity contribution < 1.29 is 28.6 Å². The zero-order chi connectivity index (χ0) is 21.2. The van der Waals surface area contributed by atoms with Gasteiger partial charge in [-0.3, -0.25) is 4.79 Å². The van der Waals surface area contributed by atoms with Gasteiger partial charge in [0.05, 0.1) is 0 Å². The number of carboxylic acid groups (broad SMARTS) is 1. The van der Waals surface area contributed by atoms with E-state index in [0.717, 1.165) is 6.08 Å². The number of aliphatic carboxylic acids is 1. The zero-order valence-corrected chi connectivity index (χ0v) is 16.3. The SMILES string of the molecule is CC(C)(C)OC(=O)NCCCC[C@H](NC(=O)C=Cc1ccccc1F)C(=O)O. The van der Waals surface area contributed by atoms with Crippen LogP contribution < -0.4 is 10.6 Å². The number of nitrogens with one attached hydrogen (secondary N) is 2. The van der Waals surface area contributed by atoms with E-state index in [2.05, 4.69) is 10.6 Å². The maximum Gasteiger partial charge on any atom is 0.407 e. The van der Waals surface area contributed by atoms with Crippen LogP contribution in [0.3, 0.4) is 0 Å². The maximum atomic E-state index is 13.5. The van der Waals surface area contributed by atoms with Gasteiger partial charge in [-0.25, -0.2) is 14.0 Å². The van der Waals surface area contributed by atoms with Crippen LogP contribution in [0.1, 0.15) is 45.6 Å². The summed E-state index contributed by atoms with van der Waals surface area (Å²) in [5.41, 5.74) is -0.350. The second-order valence-electron chi connectivity index (χ2n) is 7.18. The lowest BCUT2D eigenvalue weighted by atomic mass is 10.1. The van der Waals surface area contributed by atoms with E-state index >= 15 is 0 Å². The fraction of sp³-hybridized carbons (Fsp3) is 0.450. The van der Waals surface area contributed by atoms with E-state index in [-0.39, 0.29) is 12.0 Å². The molecule has 154 valence electrons. The van der Waals surface area contributed by atoms with E-state index in [1.54, 1.807) is 26.8 Å². The number of amides is 2. The number of alkyl carbamates (subject to hydrolysis) is 1. The molecular formula is C20H27FN2O5. The first-order valence-electron chi connectivity index (χ1n) is 9.01. The topological polar surface area (TPSA) is 105 Å². The number of carbonyl (C=O) groups is 3. The Morgan fingerprint density at radius 1 is 1.21 bits per heavy atom. The molecule has 0 radical (unpaired) electrons. The van der Waals surface area contributed by atoms with Gasteiger partial charge in [0.15, 0.2) is 0 Å². The number of rotatable bonds is 9. The largest absolute Gasteiger partial charge is 0.480 e. The molecule has 1 atom stereocenters. The number of ether oxygens (including phenoxy) is 1. The van der Waals surface area contributed by atoms with Crippen molar-refractivity contribution in [3.05, 3.63) is 41.7 Å². The Morgan fingerprint density at radius 3 is 2.50 bits per heavy atom. The molecule has 0 aliphatic carbocycles. The molecule has 0 heterocycles. The smallest absolute Gasteiger partial charge is 0.407 e. The number of carbonyl (C=O) groups excluding carboxylic acids is 2. The Bertz CT molecular complexity index is 713. The van der Waals surface area contributed by atoms with E-state index in [1.165, 1.54) is 24.3 Å². The molecule has 0 spiro atoms. The first-order valence-corrected chi connectivity index (χ1v) is 9.01. The average molecular weight is 394 g/mol. The Balaban J connectivity index is 2.39. The van der Waals surface area contributed by atoms with Crippen LogP contribution in [0.2, 0.25) is 0 Å². The van der Waals surface area contributed by atoms with Crippen molar-refractivity contribution in [2.45, 2.75) is 51.7 Å². The Labute approximate surface area is 164 Å². The predicted molar refractivity (Wildman–Crippen MR) is 103 cm³/mol. The van der Waals surface area contributed by atoms with Crippen LogP contribution in [0.25, 0.3) is 6.08 Å². The van der Waals surface area contributed by atoms with Crippen molar-refractivity contribution in [1.82, 2.24) is 10.6 Å². The number of hydrogen-bond donors (Lipinski definition) is 3. The fourth-order valence-corrected chi connectivity index (χ4v) is 2.23. The van der Waals surface area contributed by atoms with Crippen LogP contribution in [-0.2, 0) is 14.3 Å². The summed E-state index contributed by atoms with van der Waals surface area (Å²) >= 11 is 0. The summed E-state index contributed by atoms with van der Waals surface area (Å²) in [5.74, 6) is -2.26. The number of benzene rings is 1. The lowest BCUT2D eigenvalue weighted by Gasteiger charge is -2.19. The van der Waals surface area contributed by atoms with Crippen molar-refractivity contribution in [1.29, 1.82) is 0 Å². The minimum atomic E-state index is -1.16. The van der Waals surface area contributed by atoms with Gasteiger partial charge < -0.3 is 20.5 Å². The van der Waals surface area contributed by atoms with Crippen LogP contribution in [-0.4, -0.2) is 41.3 Å². The third kappa shape index (κ3) is 9.70. The number of hydrogen-bond acceptors (Lipinski definition) is 4. The summed E-state index contributed by atoms with van der Waals surface area (Å²) in [6.07, 6.45) is 3.06. The quantitative estimate of drug-likeness (QED) is 0.441. The monoisotopic (exact) mass is 394 g/mol. The van der Waals surface area contributed by atoms with Crippen LogP contribution in [0.5, 0.6) is 0 Å². The second kappa shape index (κ2) is 11.1. The van der Waals surface area contributed by atoms with E-state index in [1.807, 2.05) is 0 Å². The van der Waals surface area contributed by atoms with E-state index in [9.17, 15) is 23.9 Å². The Hall–Kier alpha value is -2.90. The molecule has 0 saturated carbocycles. The Kier molecular flexibility index (Phi) is 9.14. The molecule has 1 aromatic rings. The van der Waals surface area contributed by atoms with E-state index in [0.29, 0.717) is 19.4 Å². The molecule has 0 bridgehead atoms. The maximum absolute atomic E-state index is 13.5. The summed E-state index contributed by atoms with van der Waals surface area (Å²) in [5, 5.41) is 14.2. The van der Waals surface area contributed by atoms with Gasteiger partial charge in [0.2, 0.25) is 5.91 Å². The first-order chi connectivity index (χ1) is 13.1. The van der Waals surface area contributed by atoms with Crippen molar-refractivity contribution in [3.8, 4) is 0 Å². The molecular weight excluding hydrogens is 367 g/mol. The molecule has 2 amide bonds. The van der Waals surface area contributed by atoms with Gasteiger partial charge in [-0.2, -0.15) is 0 Å². The van der Waals surface area contributed by atoms with Crippen LogP contribution in [0, 0.1) is 5.82 Å². The summed E-state index contributed by atoms with van der Waals surface area (Å²) in [6, 6.07) is 4.87. The van der Waals surface area contributed by atoms with Gasteiger partial charge in [0, 0.05) is 18.2 Å². The number of carboxylic acids is 1. The molecule has 8 heteroatoms. The average Bonchev–Trinajstić information content (AvgIpc) is 2.58. The summed E-state index contributed by atoms with van der Waals surface area (Å²) in [4.78, 5) is 34.7. The molecule has 1 rings (SSSR count). The summed E-state index contributed by atoms with van der Waals surface area (Å²) in [7, 11) is 0. The van der Waals surface area contributed by atoms with Gasteiger partial charge in [-0.1, -0.05) is 18.2 Å². The minimum absolute atomic E-state index is 0.199. The van der Waals surface area contributed by atoms with Crippen LogP contribution >= 0.6 is 0 Å². The lowest BCUT2D eigenvalue weighted by molar-refractivity contribution is -0.141. The molecule has 0 aliphatic rings. The molecule has 0 aromatic heterocycles. The van der Waals surface area contributed by atoms with Gasteiger partial charge in [0.25, 0.3) is 0 Å². The van der Waals surface area contributed by atoms with Crippen molar-refractivity contribution >= 4 is 24.0 Å². The minimum Gasteiger partial charge on any atom is -0.480 e. The highest BCUT2D eigenvalue weighted by molar-refractivity contribution is 5.94. The van der Waals surface area contributed by atoms with Crippen molar-refractivity contribution in [2.75, 3.05) is 6.54 Å². The van der Waals surface area contributed by atoms with Crippen LogP contribution in [0.15, 0.2) is 30.3 Å². The number of unbranched alkanes of at least 4 members (excludes halogenated alkanes) is 1. The summed E-state index contributed by atoms with van der Waals surface area (Å²) < 4.78 is 18.6.